The van der Waals surface area contributed by atoms with Crippen LogP contribution in [0.2, 0.25) is 0 Å². The van der Waals surface area contributed by atoms with E-state index in [9.17, 15) is 9.59 Å². The Bertz CT molecular complexity index is 802. The van der Waals surface area contributed by atoms with Gasteiger partial charge in [0.1, 0.15) is 5.75 Å². The predicted octanol–water partition coefficient (Wildman–Crippen LogP) is 4.44. The zero-order chi connectivity index (χ0) is 21.2. The van der Waals surface area contributed by atoms with Gasteiger partial charge in [0.05, 0.1) is 0 Å². The van der Waals surface area contributed by atoms with Gasteiger partial charge >= 0.3 is 5.97 Å². The zero-order valence-electron chi connectivity index (χ0n) is 17.4. The third-order valence-corrected chi connectivity index (χ3v) is 5.24. The van der Waals surface area contributed by atoms with E-state index in [1.807, 2.05) is 42.5 Å². The van der Waals surface area contributed by atoms with E-state index in [2.05, 4.69) is 10.6 Å². The summed E-state index contributed by atoms with van der Waals surface area (Å²) in [7, 11) is 0. The summed E-state index contributed by atoms with van der Waals surface area (Å²) in [5, 5.41) is 6.17. The number of nitrogens with one attached hydrogen (secondary N) is 2. The highest BCUT2D eigenvalue weighted by Crippen LogP contribution is 2.23. The molecule has 6 nitrogen and oxygen atoms in total. The second kappa shape index (κ2) is 11.2. The molecule has 160 valence electrons. The lowest BCUT2D eigenvalue weighted by molar-refractivity contribution is -0.156. The van der Waals surface area contributed by atoms with Crippen molar-refractivity contribution in [3.8, 4) is 5.75 Å². The quantitative estimate of drug-likeness (QED) is 0.598. The fourth-order valence-electron chi connectivity index (χ4n) is 3.53. The summed E-state index contributed by atoms with van der Waals surface area (Å²) >= 11 is 0. The first-order chi connectivity index (χ1) is 14.6. The van der Waals surface area contributed by atoms with E-state index in [0.717, 1.165) is 24.2 Å². The number of carbonyl (C=O) groups is 2. The van der Waals surface area contributed by atoms with Gasteiger partial charge in [-0.25, -0.2) is 4.79 Å². The molecule has 0 bridgehead atoms. The molecule has 6 heteroatoms. The van der Waals surface area contributed by atoms with Crippen LogP contribution < -0.4 is 15.4 Å². The molecule has 30 heavy (non-hydrogen) atoms. The molecule has 1 aliphatic carbocycles. The molecule has 0 unspecified atom stereocenters. The molecule has 1 fully saturated rings. The lowest BCUT2D eigenvalue weighted by Gasteiger charge is -2.22. The third-order valence-electron chi connectivity index (χ3n) is 5.24. The van der Waals surface area contributed by atoms with Crippen LogP contribution in [-0.4, -0.2) is 31.1 Å². The summed E-state index contributed by atoms with van der Waals surface area (Å²) < 4.78 is 10.7. The molecular formula is C24H30N2O4. The first-order valence-electron chi connectivity index (χ1n) is 10.6. The van der Waals surface area contributed by atoms with E-state index in [0.29, 0.717) is 18.2 Å². The summed E-state index contributed by atoms with van der Waals surface area (Å²) in [4.78, 5) is 24.2. The largest absolute Gasteiger partial charge is 0.482 e. The monoisotopic (exact) mass is 410 g/mol. The highest BCUT2D eigenvalue weighted by Gasteiger charge is 2.20. The number of hydrogen-bond donors (Lipinski definition) is 2. The van der Waals surface area contributed by atoms with Crippen molar-refractivity contribution in [1.82, 2.24) is 5.32 Å². The molecule has 1 aliphatic rings. The first kappa shape index (κ1) is 21.7. The molecule has 2 aromatic carbocycles. The standard InChI is InChI=1S/C24H30N2O4/c1-18(24(28)25-16-19-8-4-2-5-9-19)30-23(27)17-29-22-14-12-21(13-15-22)26-20-10-6-3-7-11-20/h3,6-7,10-15,18-19,26H,2,4-5,8-9,16-17H2,1H3,(H,25,28)/t18-/m0/s1. The van der Waals surface area contributed by atoms with E-state index < -0.39 is 12.1 Å². The van der Waals surface area contributed by atoms with Crippen LogP contribution in [0.3, 0.4) is 0 Å². The van der Waals surface area contributed by atoms with Crippen molar-refractivity contribution in [2.45, 2.75) is 45.1 Å². The van der Waals surface area contributed by atoms with Crippen molar-refractivity contribution < 1.29 is 19.1 Å². The Morgan fingerprint density at radius 3 is 2.33 bits per heavy atom. The topological polar surface area (TPSA) is 76.7 Å². The van der Waals surface area contributed by atoms with E-state index in [-0.39, 0.29) is 12.5 Å². The number of hydrogen-bond acceptors (Lipinski definition) is 5. The van der Waals surface area contributed by atoms with Crippen molar-refractivity contribution in [1.29, 1.82) is 0 Å². The van der Waals surface area contributed by atoms with E-state index >= 15 is 0 Å². The second-order valence-electron chi connectivity index (χ2n) is 7.69. The number of amides is 1. The van der Waals surface area contributed by atoms with Gasteiger partial charge in [-0.05, 0) is 62.1 Å². The lowest BCUT2D eigenvalue weighted by atomic mass is 9.89. The average Bonchev–Trinajstić information content (AvgIpc) is 2.78. The van der Waals surface area contributed by atoms with Crippen LogP contribution in [0.5, 0.6) is 5.75 Å². The second-order valence-corrected chi connectivity index (χ2v) is 7.69. The minimum atomic E-state index is -0.831. The number of anilines is 2. The zero-order valence-corrected chi connectivity index (χ0v) is 17.4. The summed E-state index contributed by atoms with van der Waals surface area (Å²) in [6.45, 7) is 1.99. The summed E-state index contributed by atoms with van der Waals surface area (Å²) in [6.07, 6.45) is 5.22. The average molecular weight is 411 g/mol. The highest BCUT2D eigenvalue weighted by atomic mass is 16.6. The third kappa shape index (κ3) is 7.10. The minimum absolute atomic E-state index is 0.244. The number of esters is 1. The van der Waals surface area contributed by atoms with Crippen molar-refractivity contribution >= 4 is 23.3 Å². The Kier molecular flexibility index (Phi) is 8.12. The van der Waals surface area contributed by atoms with Crippen molar-refractivity contribution in [3.63, 3.8) is 0 Å². The Balaban J connectivity index is 1.36. The minimum Gasteiger partial charge on any atom is -0.482 e. The molecule has 0 saturated heterocycles. The van der Waals surface area contributed by atoms with Crippen molar-refractivity contribution in [2.24, 2.45) is 5.92 Å². The normalized spacial score (nSPS) is 15.1. The van der Waals surface area contributed by atoms with Crippen LogP contribution in [-0.2, 0) is 14.3 Å². The van der Waals surface area contributed by atoms with E-state index in [1.165, 1.54) is 19.3 Å². The Morgan fingerprint density at radius 1 is 0.967 bits per heavy atom. The summed E-state index contributed by atoms with van der Waals surface area (Å²) in [6, 6.07) is 17.1. The van der Waals surface area contributed by atoms with Crippen molar-refractivity contribution in [3.05, 3.63) is 54.6 Å². The molecule has 0 aromatic heterocycles. The Morgan fingerprint density at radius 2 is 1.63 bits per heavy atom. The SMILES string of the molecule is C[C@H](OC(=O)COc1ccc(Nc2ccccc2)cc1)C(=O)NCC1CCCCC1. The van der Waals surface area contributed by atoms with E-state index in [4.69, 9.17) is 9.47 Å². The Labute approximate surface area is 178 Å². The van der Waals surface area contributed by atoms with Gasteiger partial charge in [0.2, 0.25) is 0 Å². The molecule has 3 rings (SSSR count). The number of rotatable bonds is 9. The maximum Gasteiger partial charge on any atom is 0.344 e. The smallest absolute Gasteiger partial charge is 0.344 e. The van der Waals surface area contributed by atoms with Crippen molar-refractivity contribution in [2.75, 3.05) is 18.5 Å². The van der Waals surface area contributed by atoms with Gasteiger partial charge < -0.3 is 20.1 Å². The van der Waals surface area contributed by atoms with Crippen LogP contribution in [0.25, 0.3) is 0 Å². The van der Waals surface area contributed by atoms with Gasteiger partial charge in [0, 0.05) is 17.9 Å². The van der Waals surface area contributed by atoms with Crippen LogP contribution in [0.15, 0.2) is 54.6 Å². The molecule has 1 atom stereocenters. The molecule has 1 saturated carbocycles. The molecule has 0 aliphatic heterocycles. The molecule has 2 N–H and O–H groups in total. The number of benzene rings is 2. The van der Waals surface area contributed by atoms with Gasteiger partial charge in [-0.2, -0.15) is 0 Å². The van der Waals surface area contributed by atoms with Gasteiger partial charge in [-0.3, -0.25) is 4.79 Å². The highest BCUT2D eigenvalue weighted by molar-refractivity contribution is 5.83. The molecule has 0 spiro atoms. The van der Waals surface area contributed by atoms with Gasteiger partial charge in [-0.1, -0.05) is 37.5 Å². The Hall–Kier alpha value is -3.02. The van der Waals surface area contributed by atoms with Crippen LogP contribution in [0.1, 0.15) is 39.0 Å². The molecular weight excluding hydrogens is 380 g/mol. The van der Waals surface area contributed by atoms with Gasteiger partial charge in [-0.15, -0.1) is 0 Å². The predicted molar refractivity (Wildman–Crippen MR) is 117 cm³/mol. The number of carbonyl (C=O) groups excluding carboxylic acids is 2. The summed E-state index contributed by atoms with van der Waals surface area (Å²) in [5.41, 5.74) is 1.91. The lowest BCUT2D eigenvalue weighted by Crippen LogP contribution is -2.39. The fourth-order valence-corrected chi connectivity index (χ4v) is 3.53. The fraction of sp³-hybridized carbons (Fsp3) is 0.417. The van der Waals surface area contributed by atoms with Gasteiger partial charge in [0.25, 0.3) is 5.91 Å². The molecule has 1 amide bonds. The maximum atomic E-state index is 12.1. The first-order valence-corrected chi connectivity index (χ1v) is 10.6. The molecule has 0 heterocycles. The van der Waals surface area contributed by atoms with Crippen LogP contribution >= 0.6 is 0 Å². The van der Waals surface area contributed by atoms with Gasteiger partial charge in [0.15, 0.2) is 12.7 Å². The molecule has 0 radical (unpaired) electrons. The molecule has 2 aromatic rings. The number of ether oxygens (including phenoxy) is 2. The van der Waals surface area contributed by atoms with Crippen LogP contribution in [0, 0.1) is 5.92 Å². The maximum absolute atomic E-state index is 12.1. The van der Waals surface area contributed by atoms with E-state index in [1.54, 1.807) is 19.1 Å². The van der Waals surface area contributed by atoms with Crippen LogP contribution in [0.4, 0.5) is 11.4 Å². The summed E-state index contributed by atoms with van der Waals surface area (Å²) in [5.74, 6) is 0.264. The number of para-hydroxylation sites is 1.